The third-order valence-electron chi connectivity index (χ3n) is 3.66. The summed E-state index contributed by atoms with van der Waals surface area (Å²) in [5.41, 5.74) is 1.30. The largest absolute Gasteiger partial charge is 0.497 e. The Labute approximate surface area is 109 Å². The summed E-state index contributed by atoms with van der Waals surface area (Å²) in [6, 6.07) is 11.0. The van der Waals surface area contributed by atoms with Crippen molar-refractivity contribution in [3.8, 4) is 11.8 Å². The summed E-state index contributed by atoms with van der Waals surface area (Å²) in [7, 11) is 1.68. The van der Waals surface area contributed by atoms with Gasteiger partial charge in [0.2, 0.25) is 0 Å². The quantitative estimate of drug-likeness (QED) is 0.865. The topological polar surface area (TPSA) is 45.0 Å². The van der Waals surface area contributed by atoms with Crippen molar-refractivity contribution < 1.29 is 4.74 Å². The molecule has 0 radical (unpaired) electrons. The number of benzene rings is 1. The first-order valence-electron chi connectivity index (χ1n) is 6.59. The van der Waals surface area contributed by atoms with Gasteiger partial charge in [0.05, 0.1) is 19.1 Å². The second-order valence-corrected chi connectivity index (χ2v) is 4.83. The van der Waals surface area contributed by atoms with E-state index in [1.54, 1.807) is 7.11 Å². The smallest absolute Gasteiger partial charge is 0.118 e. The van der Waals surface area contributed by atoms with Crippen LogP contribution in [-0.2, 0) is 6.42 Å². The summed E-state index contributed by atoms with van der Waals surface area (Å²) < 4.78 is 5.13. The average Bonchev–Trinajstić information content (AvgIpc) is 2.87. The number of nitriles is 1. The molecule has 0 spiro atoms. The molecule has 2 atom stereocenters. The zero-order valence-electron chi connectivity index (χ0n) is 10.9. The maximum absolute atomic E-state index is 9.01. The number of nitrogens with zero attached hydrogens (tertiary/aromatic N) is 1. The van der Waals surface area contributed by atoms with E-state index in [-0.39, 0.29) is 5.92 Å². The Hall–Kier alpha value is -1.53. The zero-order chi connectivity index (χ0) is 12.8. The number of rotatable bonds is 5. The molecule has 0 heterocycles. The van der Waals surface area contributed by atoms with Gasteiger partial charge in [-0.2, -0.15) is 5.26 Å². The molecule has 3 nitrogen and oxygen atoms in total. The minimum atomic E-state index is 0.209. The van der Waals surface area contributed by atoms with E-state index in [1.807, 2.05) is 12.1 Å². The molecule has 1 saturated carbocycles. The molecule has 2 rings (SSSR count). The summed E-state index contributed by atoms with van der Waals surface area (Å²) in [6.45, 7) is 0.940. The number of ether oxygens (including phenoxy) is 1. The molecule has 0 amide bonds. The van der Waals surface area contributed by atoms with Crippen LogP contribution >= 0.6 is 0 Å². The first-order valence-corrected chi connectivity index (χ1v) is 6.59. The van der Waals surface area contributed by atoms with E-state index in [4.69, 9.17) is 10.00 Å². The van der Waals surface area contributed by atoms with E-state index in [0.29, 0.717) is 6.04 Å². The van der Waals surface area contributed by atoms with Crippen LogP contribution in [0.2, 0.25) is 0 Å². The summed E-state index contributed by atoms with van der Waals surface area (Å²) in [4.78, 5) is 0. The number of hydrogen-bond donors (Lipinski definition) is 1. The van der Waals surface area contributed by atoms with Gasteiger partial charge >= 0.3 is 0 Å². The minimum Gasteiger partial charge on any atom is -0.497 e. The van der Waals surface area contributed by atoms with Gasteiger partial charge in [0.25, 0.3) is 0 Å². The van der Waals surface area contributed by atoms with Gasteiger partial charge in [-0.1, -0.05) is 18.6 Å². The molecular formula is C15H20N2O. The van der Waals surface area contributed by atoms with Crippen molar-refractivity contribution in [3.05, 3.63) is 29.8 Å². The lowest BCUT2D eigenvalue weighted by atomic mass is 10.1. The molecule has 18 heavy (non-hydrogen) atoms. The van der Waals surface area contributed by atoms with Gasteiger partial charge in [0, 0.05) is 6.04 Å². The maximum atomic E-state index is 9.01. The van der Waals surface area contributed by atoms with Crippen LogP contribution in [-0.4, -0.2) is 19.7 Å². The molecule has 1 aromatic rings. The molecule has 2 unspecified atom stereocenters. The first kappa shape index (κ1) is 12.9. The van der Waals surface area contributed by atoms with Crippen LogP contribution in [0.4, 0.5) is 0 Å². The van der Waals surface area contributed by atoms with Gasteiger partial charge in [-0.15, -0.1) is 0 Å². The summed E-state index contributed by atoms with van der Waals surface area (Å²) in [5.74, 6) is 1.10. The zero-order valence-corrected chi connectivity index (χ0v) is 10.9. The SMILES string of the molecule is COc1ccc(CCNC2CCCC2C#N)cc1. The van der Waals surface area contributed by atoms with E-state index in [2.05, 4.69) is 23.5 Å². The number of hydrogen-bond acceptors (Lipinski definition) is 3. The fourth-order valence-electron chi connectivity index (χ4n) is 2.55. The first-order chi connectivity index (χ1) is 8.83. The van der Waals surface area contributed by atoms with E-state index in [1.165, 1.54) is 12.0 Å². The normalized spacial score (nSPS) is 22.7. The van der Waals surface area contributed by atoms with Crippen molar-refractivity contribution in [2.45, 2.75) is 31.7 Å². The second kappa shape index (κ2) is 6.42. The van der Waals surface area contributed by atoms with Crippen LogP contribution in [0.25, 0.3) is 0 Å². The van der Waals surface area contributed by atoms with Gasteiger partial charge < -0.3 is 10.1 Å². The van der Waals surface area contributed by atoms with E-state index in [9.17, 15) is 0 Å². The van der Waals surface area contributed by atoms with Gasteiger partial charge in [-0.05, 0) is 43.5 Å². The third kappa shape index (κ3) is 3.24. The van der Waals surface area contributed by atoms with E-state index >= 15 is 0 Å². The Morgan fingerprint density at radius 3 is 2.78 bits per heavy atom. The average molecular weight is 244 g/mol. The molecule has 0 aromatic heterocycles. The van der Waals surface area contributed by atoms with E-state index in [0.717, 1.165) is 31.6 Å². The van der Waals surface area contributed by atoms with Crippen LogP contribution in [0.3, 0.4) is 0 Å². The highest BCUT2D eigenvalue weighted by atomic mass is 16.5. The lowest BCUT2D eigenvalue weighted by Gasteiger charge is -2.15. The van der Waals surface area contributed by atoms with Crippen molar-refractivity contribution in [2.75, 3.05) is 13.7 Å². The van der Waals surface area contributed by atoms with Gasteiger partial charge in [-0.3, -0.25) is 0 Å². The Kier molecular flexibility index (Phi) is 4.60. The number of nitrogens with one attached hydrogen (secondary N) is 1. The molecule has 1 fully saturated rings. The highest BCUT2D eigenvalue weighted by Gasteiger charge is 2.26. The predicted octanol–water partition coefficient (Wildman–Crippen LogP) is 2.52. The second-order valence-electron chi connectivity index (χ2n) is 4.83. The molecular weight excluding hydrogens is 224 g/mol. The lowest BCUT2D eigenvalue weighted by molar-refractivity contribution is 0.414. The highest BCUT2D eigenvalue weighted by Crippen LogP contribution is 2.24. The monoisotopic (exact) mass is 244 g/mol. The molecule has 0 aliphatic heterocycles. The molecule has 0 bridgehead atoms. The third-order valence-corrected chi connectivity index (χ3v) is 3.66. The van der Waals surface area contributed by atoms with E-state index < -0.39 is 0 Å². The highest BCUT2D eigenvalue weighted by molar-refractivity contribution is 5.27. The molecule has 96 valence electrons. The van der Waals surface area contributed by atoms with Crippen molar-refractivity contribution in [1.29, 1.82) is 5.26 Å². The van der Waals surface area contributed by atoms with Gasteiger partial charge in [0.15, 0.2) is 0 Å². The molecule has 0 saturated heterocycles. The maximum Gasteiger partial charge on any atom is 0.118 e. The van der Waals surface area contributed by atoms with Crippen molar-refractivity contribution in [2.24, 2.45) is 5.92 Å². The van der Waals surface area contributed by atoms with Crippen molar-refractivity contribution >= 4 is 0 Å². The summed E-state index contributed by atoms with van der Waals surface area (Å²) >= 11 is 0. The van der Waals surface area contributed by atoms with Crippen LogP contribution in [0, 0.1) is 17.2 Å². The Morgan fingerprint density at radius 1 is 1.33 bits per heavy atom. The molecule has 1 aliphatic rings. The van der Waals surface area contributed by atoms with Crippen molar-refractivity contribution in [1.82, 2.24) is 5.32 Å². The van der Waals surface area contributed by atoms with Crippen LogP contribution in [0.5, 0.6) is 5.75 Å². The fraction of sp³-hybridized carbons (Fsp3) is 0.533. The summed E-state index contributed by atoms with van der Waals surface area (Å²) in [6.07, 6.45) is 4.37. The summed E-state index contributed by atoms with van der Waals surface area (Å²) in [5, 5.41) is 12.5. The molecule has 1 N–H and O–H groups in total. The Balaban J connectivity index is 1.76. The molecule has 1 aromatic carbocycles. The molecule has 3 heteroatoms. The minimum absolute atomic E-state index is 0.209. The fourth-order valence-corrected chi connectivity index (χ4v) is 2.55. The Bertz CT molecular complexity index is 407. The van der Waals surface area contributed by atoms with Crippen LogP contribution in [0.1, 0.15) is 24.8 Å². The molecule has 1 aliphatic carbocycles. The van der Waals surface area contributed by atoms with Crippen LogP contribution in [0.15, 0.2) is 24.3 Å². The number of methoxy groups -OCH3 is 1. The lowest BCUT2D eigenvalue weighted by Crippen LogP contribution is -2.33. The van der Waals surface area contributed by atoms with Gasteiger partial charge in [0.1, 0.15) is 5.75 Å². The van der Waals surface area contributed by atoms with Gasteiger partial charge in [-0.25, -0.2) is 0 Å². The Morgan fingerprint density at radius 2 is 2.11 bits per heavy atom. The predicted molar refractivity (Wildman–Crippen MR) is 71.4 cm³/mol. The standard InChI is InChI=1S/C15H20N2O/c1-18-14-7-5-12(6-8-14)9-10-17-15-4-2-3-13(15)11-16/h5-8,13,15,17H,2-4,9-10H2,1H3. The van der Waals surface area contributed by atoms with Crippen molar-refractivity contribution in [3.63, 3.8) is 0 Å². The van der Waals surface area contributed by atoms with Crippen LogP contribution < -0.4 is 10.1 Å².